The van der Waals surface area contributed by atoms with Gasteiger partial charge in [-0.05, 0) is 11.6 Å². The van der Waals surface area contributed by atoms with Gasteiger partial charge in [0.15, 0.2) is 0 Å². The van der Waals surface area contributed by atoms with E-state index in [-0.39, 0.29) is 17.4 Å². The van der Waals surface area contributed by atoms with Gasteiger partial charge >= 0.3 is 12.1 Å². The molecule has 18 heavy (non-hydrogen) atoms. The fourth-order valence-corrected chi connectivity index (χ4v) is 1.56. The van der Waals surface area contributed by atoms with E-state index in [9.17, 15) is 22.0 Å². The largest absolute Gasteiger partial charge is 0.455 e. The maximum Gasteiger partial charge on any atom is 0.455 e. The molecule has 9 heteroatoms. The van der Waals surface area contributed by atoms with Crippen LogP contribution in [0.2, 0.25) is 10.0 Å². The number of halogens is 8. The zero-order chi connectivity index (χ0) is 13.4. The van der Waals surface area contributed by atoms with Gasteiger partial charge in [-0.3, -0.25) is 0 Å². The molecule has 0 unspecified atom stereocenters. The Morgan fingerprint density at radius 1 is 1.06 bits per heavy atom. The van der Waals surface area contributed by atoms with Crippen LogP contribution >= 0.6 is 35.6 Å². The smallest absolute Gasteiger partial charge is 0.319 e. The summed E-state index contributed by atoms with van der Waals surface area (Å²) in [5, 5.41) is -0.553. The molecule has 0 aliphatic heterocycles. The summed E-state index contributed by atoms with van der Waals surface area (Å²) in [5.74, 6) is -5.08. The number of benzene rings is 1. The molecule has 0 fully saturated rings. The van der Waals surface area contributed by atoms with Crippen LogP contribution in [0.15, 0.2) is 18.2 Å². The lowest BCUT2D eigenvalue weighted by molar-refractivity contribution is -0.290. The Kier molecular flexibility index (Phi) is 5.68. The fourth-order valence-electron chi connectivity index (χ4n) is 1.13. The molecule has 0 bridgehead atoms. The molecule has 1 aromatic rings. The molecule has 1 atom stereocenters. The Balaban J connectivity index is 0.00000289. The van der Waals surface area contributed by atoms with E-state index < -0.39 is 28.7 Å². The molecule has 0 radical (unpaired) electrons. The Labute approximate surface area is 115 Å². The predicted molar refractivity (Wildman–Crippen MR) is 61.6 cm³/mol. The molecule has 0 heterocycles. The lowest BCUT2D eigenvalue weighted by Gasteiger charge is -2.26. The molecule has 0 saturated carbocycles. The standard InChI is InChI=1S/C9H6Cl2F5N.ClH/c10-5-3-1-2-4(6(5)11)7(17)8(12,13)9(14,15)16;/h1-3,7H,17H2;1H/t7-;/m1./s1. The normalized spacial score (nSPS) is 14.0. The first kappa shape index (κ1) is 17.7. The highest BCUT2D eigenvalue weighted by Gasteiger charge is 2.62. The van der Waals surface area contributed by atoms with Crippen LogP contribution in [0.4, 0.5) is 22.0 Å². The Hall–Kier alpha value is -0.300. The lowest BCUT2D eigenvalue weighted by Crippen LogP contribution is -2.45. The maximum absolute atomic E-state index is 13.0. The van der Waals surface area contributed by atoms with E-state index in [0.717, 1.165) is 6.07 Å². The number of alkyl halides is 5. The summed E-state index contributed by atoms with van der Waals surface area (Å²) in [7, 11) is 0. The third-order valence-electron chi connectivity index (χ3n) is 2.09. The average molecular weight is 331 g/mol. The van der Waals surface area contributed by atoms with Crippen LogP contribution in [0.25, 0.3) is 0 Å². The highest BCUT2D eigenvalue weighted by Crippen LogP contribution is 2.45. The van der Waals surface area contributed by atoms with Crippen LogP contribution < -0.4 is 5.73 Å². The van der Waals surface area contributed by atoms with Crippen molar-refractivity contribution in [1.82, 2.24) is 0 Å². The summed E-state index contributed by atoms with van der Waals surface area (Å²) in [5.41, 5.74) is 4.36. The molecule has 2 N–H and O–H groups in total. The third kappa shape index (κ3) is 3.17. The van der Waals surface area contributed by atoms with Gasteiger partial charge in [-0.15, -0.1) is 12.4 Å². The summed E-state index contributed by atoms with van der Waals surface area (Å²) in [4.78, 5) is 0. The highest BCUT2D eigenvalue weighted by atomic mass is 35.5. The molecule has 0 aliphatic rings. The summed E-state index contributed by atoms with van der Waals surface area (Å²) in [6, 6.07) is 0.814. The quantitative estimate of drug-likeness (QED) is 0.787. The van der Waals surface area contributed by atoms with Gasteiger partial charge in [0.2, 0.25) is 0 Å². The van der Waals surface area contributed by atoms with Gasteiger partial charge in [0, 0.05) is 0 Å². The van der Waals surface area contributed by atoms with Crippen LogP contribution in [-0.2, 0) is 0 Å². The summed E-state index contributed by atoms with van der Waals surface area (Å²) >= 11 is 11.0. The molecular formula is C9H7Cl3F5N. The minimum absolute atomic E-state index is 0. The van der Waals surface area contributed by atoms with Gasteiger partial charge in [-0.1, -0.05) is 35.3 Å². The minimum Gasteiger partial charge on any atom is -0.319 e. The summed E-state index contributed by atoms with van der Waals surface area (Å²) in [6.45, 7) is 0. The zero-order valence-corrected chi connectivity index (χ0v) is 10.8. The lowest BCUT2D eigenvalue weighted by atomic mass is 10.0. The van der Waals surface area contributed by atoms with Crippen molar-refractivity contribution < 1.29 is 22.0 Å². The van der Waals surface area contributed by atoms with Crippen LogP contribution in [-0.4, -0.2) is 12.1 Å². The summed E-state index contributed by atoms with van der Waals surface area (Å²) < 4.78 is 62.2. The fraction of sp³-hybridized carbons (Fsp3) is 0.333. The maximum atomic E-state index is 13.0. The van der Waals surface area contributed by atoms with E-state index in [1.807, 2.05) is 0 Å². The van der Waals surface area contributed by atoms with Crippen molar-refractivity contribution in [3.8, 4) is 0 Å². The predicted octanol–water partition coefficient (Wildman–Crippen LogP) is 4.61. The van der Waals surface area contributed by atoms with Crippen LogP contribution in [0, 0.1) is 0 Å². The molecular weight excluding hydrogens is 323 g/mol. The van der Waals surface area contributed by atoms with E-state index in [4.69, 9.17) is 28.9 Å². The monoisotopic (exact) mass is 329 g/mol. The number of hydrogen-bond donors (Lipinski definition) is 1. The molecule has 0 spiro atoms. The second-order valence-electron chi connectivity index (χ2n) is 3.24. The minimum atomic E-state index is -5.75. The van der Waals surface area contributed by atoms with E-state index in [2.05, 4.69) is 0 Å². The first-order chi connectivity index (χ1) is 7.59. The number of rotatable bonds is 2. The van der Waals surface area contributed by atoms with Crippen molar-refractivity contribution in [3.63, 3.8) is 0 Å². The molecule has 0 amide bonds. The van der Waals surface area contributed by atoms with Gasteiger partial charge < -0.3 is 5.73 Å². The van der Waals surface area contributed by atoms with Gasteiger partial charge in [-0.25, -0.2) is 0 Å². The molecule has 0 saturated heterocycles. The average Bonchev–Trinajstić information content (AvgIpc) is 2.19. The van der Waals surface area contributed by atoms with Crippen LogP contribution in [0.1, 0.15) is 11.6 Å². The number of nitrogens with two attached hydrogens (primary N) is 1. The van der Waals surface area contributed by atoms with E-state index >= 15 is 0 Å². The van der Waals surface area contributed by atoms with E-state index in [1.165, 1.54) is 12.1 Å². The van der Waals surface area contributed by atoms with Crippen LogP contribution in [0.3, 0.4) is 0 Å². The first-order valence-electron chi connectivity index (χ1n) is 4.23. The van der Waals surface area contributed by atoms with E-state index in [0.29, 0.717) is 0 Å². The second kappa shape index (κ2) is 5.77. The van der Waals surface area contributed by atoms with Crippen molar-refractivity contribution in [2.24, 2.45) is 5.73 Å². The summed E-state index contributed by atoms with van der Waals surface area (Å²) in [6.07, 6.45) is -5.75. The zero-order valence-electron chi connectivity index (χ0n) is 8.44. The molecule has 1 rings (SSSR count). The van der Waals surface area contributed by atoms with Gasteiger partial charge in [-0.2, -0.15) is 22.0 Å². The molecule has 0 aromatic heterocycles. The highest BCUT2D eigenvalue weighted by molar-refractivity contribution is 6.42. The van der Waals surface area contributed by atoms with Gasteiger partial charge in [0.1, 0.15) is 6.04 Å². The van der Waals surface area contributed by atoms with Crippen LogP contribution in [0.5, 0.6) is 0 Å². The Bertz CT molecular complexity index is 421. The first-order valence-corrected chi connectivity index (χ1v) is 4.98. The molecule has 1 nitrogen and oxygen atoms in total. The molecule has 0 aliphatic carbocycles. The van der Waals surface area contributed by atoms with Gasteiger partial charge in [0.05, 0.1) is 10.0 Å². The second-order valence-corrected chi connectivity index (χ2v) is 4.03. The van der Waals surface area contributed by atoms with Crippen molar-refractivity contribution in [2.45, 2.75) is 18.1 Å². The van der Waals surface area contributed by atoms with Crippen molar-refractivity contribution >= 4 is 35.6 Å². The Morgan fingerprint density at radius 3 is 2.00 bits per heavy atom. The van der Waals surface area contributed by atoms with E-state index in [1.54, 1.807) is 0 Å². The molecule has 104 valence electrons. The SMILES string of the molecule is Cl.N[C@H](c1cccc(Cl)c1Cl)C(F)(F)C(F)(F)F. The molecule has 1 aromatic carbocycles. The van der Waals surface area contributed by atoms with Crippen molar-refractivity contribution in [1.29, 1.82) is 0 Å². The number of hydrogen-bond acceptors (Lipinski definition) is 1. The topological polar surface area (TPSA) is 26.0 Å². The van der Waals surface area contributed by atoms with Crippen molar-refractivity contribution in [3.05, 3.63) is 33.8 Å². The Morgan fingerprint density at radius 2 is 1.56 bits per heavy atom. The van der Waals surface area contributed by atoms with Crippen molar-refractivity contribution in [2.75, 3.05) is 0 Å². The van der Waals surface area contributed by atoms with Gasteiger partial charge in [0.25, 0.3) is 0 Å². The third-order valence-corrected chi connectivity index (χ3v) is 2.92.